The molecule has 0 unspecified atom stereocenters. The van der Waals surface area contributed by atoms with Gasteiger partial charge in [-0.1, -0.05) is 17.7 Å². The van der Waals surface area contributed by atoms with E-state index in [1.54, 1.807) is 25.1 Å². The van der Waals surface area contributed by atoms with Crippen molar-refractivity contribution in [1.29, 1.82) is 0 Å². The molecule has 80 valence electrons. The molecular formula is C11H12ClNO2. The average molecular weight is 226 g/mol. The third-order valence-corrected chi connectivity index (χ3v) is 2.42. The van der Waals surface area contributed by atoms with E-state index in [-0.39, 0.29) is 18.2 Å². The van der Waals surface area contributed by atoms with Crippen LogP contribution in [-0.4, -0.2) is 18.2 Å². The van der Waals surface area contributed by atoms with Crippen molar-refractivity contribution >= 4 is 23.3 Å². The smallest absolute Gasteiger partial charge is 0.251 e. The molecule has 0 bridgehead atoms. The van der Waals surface area contributed by atoms with Crippen molar-refractivity contribution in [2.75, 3.05) is 6.54 Å². The number of hydrogen-bond donors (Lipinski definition) is 1. The van der Waals surface area contributed by atoms with Gasteiger partial charge in [0, 0.05) is 10.6 Å². The maximum Gasteiger partial charge on any atom is 0.251 e. The lowest BCUT2D eigenvalue weighted by Gasteiger charge is -2.07. The second-order valence-corrected chi connectivity index (χ2v) is 3.70. The van der Waals surface area contributed by atoms with Crippen LogP contribution in [0.3, 0.4) is 0 Å². The third kappa shape index (κ3) is 3.06. The van der Waals surface area contributed by atoms with Gasteiger partial charge in [0.1, 0.15) is 5.78 Å². The van der Waals surface area contributed by atoms with Crippen LogP contribution in [0.25, 0.3) is 0 Å². The lowest BCUT2D eigenvalue weighted by atomic mass is 10.1. The van der Waals surface area contributed by atoms with E-state index >= 15 is 0 Å². The molecule has 0 saturated heterocycles. The summed E-state index contributed by atoms with van der Waals surface area (Å²) in [5.41, 5.74) is 1.23. The number of nitrogens with one attached hydrogen (secondary N) is 1. The Kier molecular flexibility index (Phi) is 3.86. The predicted octanol–water partition coefficient (Wildman–Crippen LogP) is 1.97. The van der Waals surface area contributed by atoms with Gasteiger partial charge in [-0.25, -0.2) is 0 Å². The summed E-state index contributed by atoms with van der Waals surface area (Å²) in [6.07, 6.45) is 0. The van der Waals surface area contributed by atoms with E-state index in [2.05, 4.69) is 5.32 Å². The summed E-state index contributed by atoms with van der Waals surface area (Å²) in [5, 5.41) is 3.07. The number of carbonyl (C=O) groups excluding carboxylic acids is 2. The van der Waals surface area contributed by atoms with E-state index in [0.29, 0.717) is 10.6 Å². The third-order valence-electron chi connectivity index (χ3n) is 2.01. The first-order valence-corrected chi connectivity index (χ1v) is 4.93. The van der Waals surface area contributed by atoms with Crippen molar-refractivity contribution in [1.82, 2.24) is 5.32 Å². The Morgan fingerprint density at radius 2 is 2.07 bits per heavy atom. The molecule has 1 N–H and O–H groups in total. The van der Waals surface area contributed by atoms with Gasteiger partial charge in [-0.2, -0.15) is 0 Å². The van der Waals surface area contributed by atoms with E-state index in [0.717, 1.165) is 5.56 Å². The topological polar surface area (TPSA) is 46.2 Å². The summed E-state index contributed by atoms with van der Waals surface area (Å²) in [6.45, 7) is 3.24. The van der Waals surface area contributed by atoms with Crippen molar-refractivity contribution in [3.63, 3.8) is 0 Å². The van der Waals surface area contributed by atoms with Gasteiger partial charge in [0.15, 0.2) is 0 Å². The molecule has 0 aromatic heterocycles. The SMILES string of the molecule is CC(=O)CNC(=O)c1cccc(Cl)c1C. The lowest BCUT2D eigenvalue weighted by Crippen LogP contribution is -2.28. The van der Waals surface area contributed by atoms with E-state index in [1.165, 1.54) is 6.92 Å². The van der Waals surface area contributed by atoms with E-state index < -0.39 is 0 Å². The van der Waals surface area contributed by atoms with Crippen LogP contribution >= 0.6 is 11.6 Å². The van der Waals surface area contributed by atoms with Crippen LogP contribution in [0.5, 0.6) is 0 Å². The van der Waals surface area contributed by atoms with Crippen LogP contribution in [0.1, 0.15) is 22.8 Å². The maximum atomic E-state index is 11.6. The van der Waals surface area contributed by atoms with E-state index in [1.807, 2.05) is 0 Å². The molecule has 0 aliphatic heterocycles. The zero-order valence-corrected chi connectivity index (χ0v) is 9.39. The minimum absolute atomic E-state index is 0.0464. The molecule has 0 saturated carbocycles. The average Bonchev–Trinajstić information content (AvgIpc) is 2.18. The second-order valence-electron chi connectivity index (χ2n) is 3.30. The molecule has 0 aliphatic carbocycles. The minimum atomic E-state index is -0.273. The molecule has 1 rings (SSSR count). The Balaban J connectivity index is 2.82. The number of carbonyl (C=O) groups is 2. The molecule has 0 heterocycles. The van der Waals surface area contributed by atoms with Gasteiger partial charge < -0.3 is 5.32 Å². The Morgan fingerprint density at radius 3 is 2.67 bits per heavy atom. The van der Waals surface area contributed by atoms with Crippen LogP contribution in [0, 0.1) is 6.92 Å². The van der Waals surface area contributed by atoms with Crippen molar-refractivity contribution < 1.29 is 9.59 Å². The Morgan fingerprint density at radius 1 is 1.40 bits per heavy atom. The highest BCUT2D eigenvalue weighted by atomic mass is 35.5. The molecule has 0 aliphatic rings. The van der Waals surface area contributed by atoms with Gasteiger partial charge >= 0.3 is 0 Å². The van der Waals surface area contributed by atoms with Gasteiger partial charge in [0.2, 0.25) is 0 Å². The van der Waals surface area contributed by atoms with E-state index in [4.69, 9.17) is 11.6 Å². The first-order chi connectivity index (χ1) is 7.02. The molecule has 3 nitrogen and oxygen atoms in total. The number of benzene rings is 1. The number of rotatable bonds is 3. The number of ketones is 1. The quantitative estimate of drug-likeness (QED) is 0.855. The molecule has 0 spiro atoms. The lowest BCUT2D eigenvalue weighted by molar-refractivity contribution is -0.116. The van der Waals surface area contributed by atoms with Gasteiger partial charge in [-0.05, 0) is 31.5 Å². The molecule has 1 aromatic rings. The molecule has 0 atom stereocenters. The van der Waals surface area contributed by atoms with Crippen LogP contribution in [0.15, 0.2) is 18.2 Å². The number of hydrogen-bond acceptors (Lipinski definition) is 2. The molecule has 4 heteroatoms. The zero-order chi connectivity index (χ0) is 11.4. The summed E-state index contributed by atoms with van der Waals surface area (Å²) in [5.74, 6) is -0.353. The predicted molar refractivity (Wildman–Crippen MR) is 59.2 cm³/mol. The fourth-order valence-corrected chi connectivity index (χ4v) is 1.33. The van der Waals surface area contributed by atoms with Gasteiger partial charge in [0.25, 0.3) is 5.91 Å². The monoisotopic (exact) mass is 225 g/mol. The van der Waals surface area contributed by atoms with Gasteiger partial charge in [-0.3, -0.25) is 9.59 Å². The van der Waals surface area contributed by atoms with Gasteiger partial charge in [0.05, 0.1) is 6.54 Å². The molecular weight excluding hydrogens is 214 g/mol. The van der Waals surface area contributed by atoms with Crippen LogP contribution in [0.4, 0.5) is 0 Å². The Labute approximate surface area is 93.4 Å². The molecule has 15 heavy (non-hydrogen) atoms. The van der Waals surface area contributed by atoms with E-state index in [9.17, 15) is 9.59 Å². The highest BCUT2D eigenvalue weighted by Gasteiger charge is 2.10. The summed E-state index contributed by atoms with van der Waals surface area (Å²) in [7, 11) is 0. The zero-order valence-electron chi connectivity index (χ0n) is 8.63. The van der Waals surface area contributed by atoms with Gasteiger partial charge in [-0.15, -0.1) is 0 Å². The van der Waals surface area contributed by atoms with Crippen molar-refractivity contribution in [3.05, 3.63) is 34.3 Å². The first-order valence-electron chi connectivity index (χ1n) is 4.55. The summed E-state index contributed by atoms with van der Waals surface area (Å²) < 4.78 is 0. The van der Waals surface area contributed by atoms with Crippen molar-refractivity contribution in [2.24, 2.45) is 0 Å². The maximum absolute atomic E-state index is 11.6. The number of halogens is 1. The fraction of sp³-hybridized carbons (Fsp3) is 0.273. The summed E-state index contributed by atoms with van der Waals surface area (Å²) >= 11 is 5.87. The van der Waals surface area contributed by atoms with Crippen molar-refractivity contribution in [3.8, 4) is 0 Å². The highest BCUT2D eigenvalue weighted by molar-refractivity contribution is 6.31. The Hall–Kier alpha value is -1.35. The first kappa shape index (κ1) is 11.7. The minimum Gasteiger partial charge on any atom is -0.345 e. The largest absolute Gasteiger partial charge is 0.345 e. The fourth-order valence-electron chi connectivity index (χ4n) is 1.15. The van der Waals surface area contributed by atoms with Crippen molar-refractivity contribution in [2.45, 2.75) is 13.8 Å². The normalized spacial score (nSPS) is 9.80. The Bertz CT molecular complexity index is 402. The molecule has 0 fully saturated rings. The standard InChI is InChI=1S/C11H12ClNO2/c1-7(14)6-13-11(15)9-4-3-5-10(12)8(9)2/h3-5H,6H2,1-2H3,(H,13,15). The number of Topliss-reactive ketones (excluding diaryl/α,β-unsaturated/α-hetero) is 1. The summed E-state index contributed by atoms with van der Waals surface area (Å²) in [4.78, 5) is 22.3. The van der Waals surface area contributed by atoms with Crippen LogP contribution in [0.2, 0.25) is 5.02 Å². The van der Waals surface area contributed by atoms with Crippen LogP contribution in [-0.2, 0) is 4.79 Å². The molecule has 1 amide bonds. The van der Waals surface area contributed by atoms with Crippen LogP contribution < -0.4 is 5.32 Å². The highest BCUT2D eigenvalue weighted by Crippen LogP contribution is 2.18. The second kappa shape index (κ2) is 4.94. The number of amides is 1. The summed E-state index contributed by atoms with van der Waals surface area (Å²) in [6, 6.07) is 5.10. The molecule has 0 radical (unpaired) electrons. The molecule has 1 aromatic carbocycles.